The first-order valence-corrected chi connectivity index (χ1v) is 7.25. The van der Waals surface area contributed by atoms with E-state index >= 15 is 0 Å². The first-order valence-electron chi connectivity index (χ1n) is 7.25. The van der Waals surface area contributed by atoms with Crippen molar-refractivity contribution in [1.29, 1.82) is 0 Å². The molecule has 0 saturated heterocycles. The number of hydrogen-bond donors (Lipinski definition) is 1. The zero-order chi connectivity index (χ0) is 15.9. The summed E-state index contributed by atoms with van der Waals surface area (Å²) in [5.74, 6) is 0.774. The number of carbonyl (C=O) groups excluding carboxylic acids is 1. The van der Waals surface area contributed by atoms with E-state index in [1.54, 1.807) is 7.11 Å². The highest BCUT2D eigenvalue weighted by Gasteiger charge is 2.15. The molecule has 0 aliphatic heterocycles. The molecule has 0 heterocycles. The largest absolute Gasteiger partial charge is 0.497 e. The van der Waals surface area contributed by atoms with E-state index in [0.717, 1.165) is 11.3 Å². The summed E-state index contributed by atoms with van der Waals surface area (Å²) in [4.78, 5) is 14.2. The summed E-state index contributed by atoms with van der Waals surface area (Å²) in [6, 6.07) is 17.3. The summed E-state index contributed by atoms with van der Waals surface area (Å²) < 4.78 is 5.18. The van der Waals surface area contributed by atoms with Crippen LogP contribution in [0, 0.1) is 0 Å². The predicted molar refractivity (Wildman–Crippen MR) is 88.2 cm³/mol. The van der Waals surface area contributed by atoms with E-state index < -0.39 is 0 Å². The first-order chi connectivity index (χ1) is 10.6. The summed E-state index contributed by atoms with van der Waals surface area (Å²) >= 11 is 0. The van der Waals surface area contributed by atoms with Gasteiger partial charge in [0.1, 0.15) is 5.75 Å². The fourth-order valence-corrected chi connectivity index (χ4v) is 2.31. The molecular formula is C18H22N2O2. The highest BCUT2D eigenvalue weighted by molar-refractivity contribution is 5.94. The predicted octanol–water partition coefficient (Wildman–Crippen LogP) is 2.73. The van der Waals surface area contributed by atoms with Crippen LogP contribution >= 0.6 is 0 Å². The quantitative estimate of drug-likeness (QED) is 0.891. The Morgan fingerprint density at radius 2 is 1.73 bits per heavy atom. The molecule has 2 aromatic rings. The van der Waals surface area contributed by atoms with Crippen LogP contribution in [0.15, 0.2) is 54.6 Å². The molecule has 4 heteroatoms. The average Bonchev–Trinajstić information content (AvgIpc) is 2.56. The minimum absolute atomic E-state index is 0.0547. The topological polar surface area (TPSA) is 41.6 Å². The van der Waals surface area contributed by atoms with Gasteiger partial charge < -0.3 is 15.0 Å². The number of rotatable bonds is 6. The zero-order valence-electron chi connectivity index (χ0n) is 13.2. The summed E-state index contributed by atoms with van der Waals surface area (Å²) in [6.45, 7) is 0.549. The second kappa shape index (κ2) is 7.61. The Balaban J connectivity index is 2.04. The van der Waals surface area contributed by atoms with Crippen LogP contribution in [0.5, 0.6) is 5.75 Å². The molecule has 0 aliphatic carbocycles. The third kappa shape index (κ3) is 4.09. The normalized spacial score (nSPS) is 12.0. The molecule has 0 aromatic heterocycles. The fraction of sp³-hybridized carbons (Fsp3) is 0.278. The van der Waals surface area contributed by atoms with Crippen molar-refractivity contribution in [2.45, 2.75) is 6.04 Å². The summed E-state index contributed by atoms with van der Waals surface area (Å²) in [6.07, 6.45) is 0. The molecule has 1 N–H and O–H groups in total. The number of nitrogens with one attached hydrogen (secondary N) is 1. The molecule has 0 unspecified atom stereocenters. The van der Waals surface area contributed by atoms with Crippen LogP contribution in [-0.4, -0.2) is 38.6 Å². The number of hydrogen-bond acceptors (Lipinski definition) is 3. The monoisotopic (exact) mass is 298 g/mol. The van der Waals surface area contributed by atoms with Crippen molar-refractivity contribution in [1.82, 2.24) is 10.2 Å². The Bertz CT molecular complexity index is 594. The molecule has 0 bridgehead atoms. The lowest BCUT2D eigenvalue weighted by Crippen LogP contribution is -2.34. The average molecular weight is 298 g/mol. The molecule has 1 atom stereocenters. The number of likely N-dealkylation sites (N-methyl/N-ethyl adjacent to an activating group) is 1. The third-order valence-electron chi connectivity index (χ3n) is 3.62. The molecule has 22 heavy (non-hydrogen) atoms. The van der Waals surface area contributed by atoms with Crippen LogP contribution in [0.3, 0.4) is 0 Å². The zero-order valence-corrected chi connectivity index (χ0v) is 13.2. The van der Waals surface area contributed by atoms with Gasteiger partial charge in [0.2, 0.25) is 0 Å². The summed E-state index contributed by atoms with van der Waals surface area (Å²) in [7, 11) is 5.66. The van der Waals surface area contributed by atoms with Gasteiger partial charge in [0.25, 0.3) is 5.91 Å². The smallest absolute Gasteiger partial charge is 0.251 e. The molecule has 4 nitrogen and oxygen atoms in total. The van der Waals surface area contributed by atoms with Gasteiger partial charge in [-0.2, -0.15) is 0 Å². The maximum Gasteiger partial charge on any atom is 0.251 e. The van der Waals surface area contributed by atoms with E-state index in [0.29, 0.717) is 12.1 Å². The van der Waals surface area contributed by atoms with Crippen LogP contribution in [0.4, 0.5) is 0 Å². The molecule has 0 fully saturated rings. The van der Waals surface area contributed by atoms with Gasteiger partial charge in [-0.3, -0.25) is 4.79 Å². The van der Waals surface area contributed by atoms with Crippen LogP contribution < -0.4 is 10.1 Å². The molecule has 1 amide bonds. The van der Waals surface area contributed by atoms with Crippen molar-refractivity contribution in [2.75, 3.05) is 27.7 Å². The van der Waals surface area contributed by atoms with Crippen LogP contribution in [0.2, 0.25) is 0 Å². The van der Waals surface area contributed by atoms with Crippen molar-refractivity contribution < 1.29 is 9.53 Å². The first kappa shape index (κ1) is 16.0. The molecule has 0 aliphatic rings. The lowest BCUT2D eigenvalue weighted by molar-refractivity contribution is 0.0942. The van der Waals surface area contributed by atoms with Crippen molar-refractivity contribution in [3.8, 4) is 5.75 Å². The Kier molecular flexibility index (Phi) is 5.55. The highest BCUT2D eigenvalue weighted by Crippen LogP contribution is 2.20. The maximum atomic E-state index is 12.2. The second-order valence-electron chi connectivity index (χ2n) is 5.33. The second-order valence-corrected chi connectivity index (χ2v) is 5.33. The molecule has 0 saturated carbocycles. The van der Waals surface area contributed by atoms with E-state index in [1.807, 2.05) is 68.7 Å². The van der Waals surface area contributed by atoms with E-state index in [-0.39, 0.29) is 11.9 Å². The summed E-state index contributed by atoms with van der Waals surface area (Å²) in [5.41, 5.74) is 1.81. The number of carbonyl (C=O) groups is 1. The van der Waals surface area contributed by atoms with Gasteiger partial charge in [-0.25, -0.2) is 0 Å². The number of ether oxygens (including phenoxy) is 1. The Morgan fingerprint density at radius 1 is 1.09 bits per heavy atom. The molecule has 116 valence electrons. The number of nitrogens with zero attached hydrogens (tertiary/aromatic N) is 1. The lowest BCUT2D eigenvalue weighted by atomic mass is 10.1. The summed E-state index contributed by atoms with van der Waals surface area (Å²) in [5, 5.41) is 3.00. The molecule has 0 spiro atoms. The molecular weight excluding hydrogens is 276 g/mol. The maximum absolute atomic E-state index is 12.2. The van der Waals surface area contributed by atoms with Gasteiger partial charge in [0, 0.05) is 12.1 Å². The highest BCUT2D eigenvalue weighted by atomic mass is 16.5. The third-order valence-corrected chi connectivity index (χ3v) is 3.62. The van der Waals surface area contributed by atoms with Crippen molar-refractivity contribution in [3.63, 3.8) is 0 Å². The van der Waals surface area contributed by atoms with E-state index in [4.69, 9.17) is 4.74 Å². The van der Waals surface area contributed by atoms with Crippen molar-refractivity contribution in [2.24, 2.45) is 0 Å². The van der Waals surface area contributed by atoms with Crippen LogP contribution in [-0.2, 0) is 0 Å². The SMILES string of the molecule is COc1ccc([C@@H](CNC(=O)c2ccccc2)N(C)C)cc1. The van der Waals surface area contributed by atoms with Gasteiger partial charge in [0.05, 0.1) is 13.2 Å². The van der Waals surface area contributed by atoms with Crippen LogP contribution in [0.25, 0.3) is 0 Å². The van der Waals surface area contributed by atoms with Crippen molar-refractivity contribution in [3.05, 3.63) is 65.7 Å². The van der Waals surface area contributed by atoms with E-state index in [9.17, 15) is 4.79 Å². The lowest BCUT2D eigenvalue weighted by Gasteiger charge is -2.25. The Hall–Kier alpha value is -2.33. The van der Waals surface area contributed by atoms with Gasteiger partial charge in [-0.05, 0) is 43.9 Å². The molecule has 2 aromatic carbocycles. The molecule has 2 rings (SSSR count). The van der Waals surface area contributed by atoms with E-state index in [1.165, 1.54) is 0 Å². The Morgan fingerprint density at radius 3 is 2.27 bits per heavy atom. The number of amides is 1. The minimum atomic E-state index is -0.0547. The van der Waals surface area contributed by atoms with Crippen molar-refractivity contribution >= 4 is 5.91 Å². The Labute approximate surface area is 131 Å². The number of methoxy groups -OCH3 is 1. The van der Waals surface area contributed by atoms with Gasteiger partial charge in [0.15, 0.2) is 0 Å². The fourth-order valence-electron chi connectivity index (χ4n) is 2.31. The molecule has 0 radical (unpaired) electrons. The van der Waals surface area contributed by atoms with E-state index in [2.05, 4.69) is 10.2 Å². The van der Waals surface area contributed by atoms with Gasteiger partial charge in [-0.1, -0.05) is 30.3 Å². The van der Waals surface area contributed by atoms with Gasteiger partial charge in [-0.15, -0.1) is 0 Å². The van der Waals surface area contributed by atoms with Gasteiger partial charge >= 0.3 is 0 Å². The standard InChI is InChI=1S/C18H22N2O2/c1-20(2)17(14-9-11-16(22-3)12-10-14)13-19-18(21)15-7-5-4-6-8-15/h4-12,17H,13H2,1-3H3,(H,19,21)/t17-/m1/s1. The van der Waals surface area contributed by atoms with Crippen LogP contribution in [0.1, 0.15) is 22.0 Å². The number of benzene rings is 2. The minimum Gasteiger partial charge on any atom is -0.497 e.